The Morgan fingerprint density at radius 3 is 2.79 bits per heavy atom. The van der Waals surface area contributed by atoms with Crippen LogP contribution in [-0.2, 0) is 6.54 Å². The van der Waals surface area contributed by atoms with Crippen molar-refractivity contribution in [2.24, 2.45) is 5.92 Å². The van der Waals surface area contributed by atoms with Crippen molar-refractivity contribution in [1.82, 2.24) is 10.3 Å². The summed E-state index contributed by atoms with van der Waals surface area (Å²) in [5.41, 5.74) is 0.857. The Bertz CT molecular complexity index is 369. The fraction of sp³-hybridized carbons (Fsp3) is 0.667. The van der Waals surface area contributed by atoms with Crippen LogP contribution in [0, 0.1) is 5.92 Å². The van der Waals surface area contributed by atoms with Crippen LogP contribution in [0.15, 0.2) is 12.1 Å². The first kappa shape index (κ1) is 16.3. The molecular formula is C15H25ClN2O. The zero-order chi connectivity index (χ0) is 14.1. The fourth-order valence-electron chi connectivity index (χ4n) is 1.68. The molecule has 0 saturated carbocycles. The molecule has 4 heteroatoms. The highest BCUT2D eigenvalue weighted by molar-refractivity contribution is 6.31. The molecule has 0 aliphatic carbocycles. The standard InChI is InChI=1S/C15H25ClN2O/c1-4-5-6-9-19-15-8-7-13(16)14(18-15)11-17-10-12(2)3/h7-8,12,17H,4-6,9-11H2,1-3H3. The van der Waals surface area contributed by atoms with Crippen LogP contribution in [0.4, 0.5) is 0 Å². The van der Waals surface area contributed by atoms with Gasteiger partial charge in [-0.25, -0.2) is 4.98 Å². The predicted octanol–water partition coefficient (Wildman–Crippen LogP) is 4.05. The molecule has 0 amide bonds. The van der Waals surface area contributed by atoms with Crippen LogP contribution < -0.4 is 10.1 Å². The Labute approximate surface area is 121 Å². The van der Waals surface area contributed by atoms with E-state index in [1.54, 1.807) is 0 Å². The first-order valence-corrected chi connectivity index (χ1v) is 7.50. The maximum atomic E-state index is 6.14. The Morgan fingerprint density at radius 2 is 2.11 bits per heavy atom. The number of ether oxygens (including phenoxy) is 1. The van der Waals surface area contributed by atoms with Gasteiger partial charge in [0, 0.05) is 12.6 Å². The number of hydrogen-bond donors (Lipinski definition) is 1. The van der Waals surface area contributed by atoms with E-state index >= 15 is 0 Å². The second-order valence-corrected chi connectivity index (χ2v) is 5.57. The molecule has 1 N–H and O–H groups in total. The molecule has 0 aliphatic heterocycles. The molecule has 108 valence electrons. The van der Waals surface area contributed by atoms with Crippen molar-refractivity contribution in [3.63, 3.8) is 0 Å². The molecule has 1 aromatic rings. The van der Waals surface area contributed by atoms with Gasteiger partial charge in [0.05, 0.1) is 17.3 Å². The fourth-order valence-corrected chi connectivity index (χ4v) is 1.85. The molecule has 0 spiro atoms. The van der Waals surface area contributed by atoms with Crippen molar-refractivity contribution in [2.75, 3.05) is 13.2 Å². The summed E-state index contributed by atoms with van der Waals surface area (Å²) in [6, 6.07) is 3.69. The molecule has 3 nitrogen and oxygen atoms in total. The van der Waals surface area contributed by atoms with Crippen LogP contribution in [0.5, 0.6) is 5.88 Å². The highest BCUT2D eigenvalue weighted by Crippen LogP contribution is 2.18. The van der Waals surface area contributed by atoms with Gasteiger partial charge < -0.3 is 10.1 Å². The van der Waals surface area contributed by atoms with Gasteiger partial charge in [0.2, 0.25) is 5.88 Å². The minimum Gasteiger partial charge on any atom is -0.478 e. The van der Waals surface area contributed by atoms with E-state index in [-0.39, 0.29) is 0 Å². The van der Waals surface area contributed by atoms with E-state index in [0.29, 0.717) is 23.4 Å². The number of unbranched alkanes of at least 4 members (excludes halogenated alkanes) is 2. The lowest BCUT2D eigenvalue weighted by atomic mass is 10.2. The summed E-state index contributed by atoms with van der Waals surface area (Å²) in [5, 5.41) is 4.03. The topological polar surface area (TPSA) is 34.1 Å². The number of nitrogens with one attached hydrogen (secondary N) is 1. The van der Waals surface area contributed by atoms with Crippen molar-refractivity contribution in [1.29, 1.82) is 0 Å². The molecule has 0 bridgehead atoms. The summed E-state index contributed by atoms with van der Waals surface area (Å²) in [6.07, 6.45) is 3.46. The zero-order valence-corrected chi connectivity index (χ0v) is 13.0. The normalized spacial score (nSPS) is 11.0. The summed E-state index contributed by atoms with van der Waals surface area (Å²) < 4.78 is 5.63. The minimum atomic E-state index is 0.618. The van der Waals surface area contributed by atoms with Gasteiger partial charge in [0.15, 0.2) is 0 Å². The van der Waals surface area contributed by atoms with Crippen LogP contribution in [0.1, 0.15) is 45.7 Å². The summed E-state index contributed by atoms with van der Waals surface area (Å²) in [4.78, 5) is 4.45. The number of pyridine rings is 1. The third-order valence-electron chi connectivity index (χ3n) is 2.74. The maximum absolute atomic E-state index is 6.14. The van der Waals surface area contributed by atoms with Crippen molar-refractivity contribution < 1.29 is 4.74 Å². The average Bonchev–Trinajstić information content (AvgIpc) is 2.37. The molecule has 1 rings (SSSR count). The van der Waals surface area contributed by atoms with Gasteiger partial charge >= 0.3 is 0 Å². The molecule has 1 aromatic heterocycles. The lowest BCUT2D eigenvalue weighted by Gasteiger charge is -2.10. The highest BCUT2D eigenvalue weighted by Gasteiger charge is 2.05. The molecule has 0 fully saturated rings. The number of hydrogen-bond acceptors (Lipinski definition) is 3. The molecule has 0 aliphatic rings. The second-order valence-electron chi connectivity index (χ2n) is 5.16. The lowest BCUT2D eigenvalue weighted by Crippen LogP contribution is -2.20. The minimum absolute atomic E-state index is 0.618. The van der Waals surface area contributed by atoms with Gasteiger partial charge in [0.25, 0.3) is 0 Å². The van der Waals surface area contributed by atoms with Gasteiger partial charge in [-0.1, -0.05) is 45.2 Å². The van der Waals surface area contributed by atoms with E-state index in [1.807, 2.05) is 12.1 Å². The van der Waals surface area contributed by atoms with Gasteiger partial charge in [0.1, 0.15) is 0 Å². The maximum Gasteiger partial charge on any atom is 0.213 e. The molecular weight excluding hydrogens is 260 g/mol. The van der Waals surface area contributed by atoms with Gasteiger partial charge in [-0.05, 0) is 24.9 Å². The Hall–Kier alpha value is -0.800. The summed E-state index contributed by atoms with van der Waals surface area (Å²) in [7, 11) is 0. The molecule has 19 heavy (non-hydrogen) atoms. The van der Waals surface area contributed by atoms with Gasteiger partial charge in [-0.3, -0.25) is 0 Å². The van der Waals surface area contributed by atoms with E-state index < -0.39 is 0 Å². The monoisotopic (exact) mass is 284 g/mol. The molecule has 0 radical (unpaired) electrons. The van der Waals surface area contributed by atoms with Crippen LogP contribution in [0.2, 0.25) is 5.02 Å². The summed E-state index contributed by atoms with van der Waals surface area (Å²) in [5.74, 6) is 1.29. The molecule has 0 atom stereocenters. The van der Waals surface area contributed by atoms with Crippen molar-refractivity contribution in [2.45, 2.75) is 46.6 Å². The average molecular weight is 285 g/mol. The molecule has 0 unspecified atom stereocenters. The van der Waals surface area contributed by atoms with Crippen LogP contribution in [0.25, 0.3) is 0 Å². The lowest BCUT2D eigenvalue weighted by molar-refractivity contribution is 0.294. The smallest absolute Gasteiger partial charge is 0.213 e. The SMILES string of the molecule is CCCCCOc1ccc(Cl)c(CNCC(C)C)n1. The Kier molecular flexibility index (Phi) is 7.84. The summed E-state index contributed by atoms with van der Waals surface area (Å²) >= 11 is 6.14. The Morgan fingerprint density at radius 1 is 1.32 bits per heavy atom. The van der Waals surface area contributed by atoms with Crippen molar-refractivity contribution in [3.05, 3.63) is 22.8 Å². The van der Waals surface area contributed by atoms with Crippen LogP contribution >= 0.6 is 11.6 Å². The second kappa shape index (κ2) is 9.16. The quantitative estimate of drug-likeness (QED) is 0.695. The van der Waals surface area contributed by atoms with E-state index in [4.69, 9.17) is 16.3 Å². The Balaban J connectivity index is 2.46. The first-order chi connectivity index (χ1) is 9.13. The van der Waals surface area contributed by atoms with Crippen LogP contribution in [-0.4, -0.2) is 18.1 Å². The number of rotatable bonds is 9. The zero-order valence-electron chi connectivity index (χ0n) is 12.2. The number of aromatic nitrogens is 1. The molecule has 1 heterocycles. The predicted molar refractivity (Wildman–Crippen MR) is 80.8 cm³/mol. The third-order valence-corrected chi connectivity index (χ3v) is 3.08. The van der Waals surface area contributed by atoms with Gasteiger partial charge in [-0.15, -0.1) is 0 Å². The van der Waals surface area contributed by atoms with Crippen molar-refractivity contribution >= 4 is 11.6 Å². The van der Waals surface area contributed by atoms with Crippen molar-refractivity contribution in [3.8, 4) is 5.88 Å². The van der Waals surface area contributed by atoms with Gasteiger partial charge in [-0.2, -0.15) is 0 Å². The number of nitrogens with zero attached hydrogens (tertiary/aromatic N) is 1. The summed E-state index contributed by atoms with van der Waals surface area (Å²) in [6.45, 7) is 8.90. The number of halogens is 1. The third kappa shape index (κ3) is 6.79. The van der Waals surface area contributed by atoms with E-state index in [9.17, 15) is 0 Å². The largest absolute Gasteiger partial charge is 0.478 e. The molecule has 0 aromatic carbocycles. The highest BCUT2D eigenvalue weighted by atomic mass is 35.5. The first-order valence-electron chi connectivity index (χ1n) is 7.12. The molecule has 0 saturated heterocycles. The van der Waals surface area contributed by atoms with E-state index in [0.717, 1.165) is 25.3 Å². The van der Waals surface area contributed by atoms with E-state index in [2.05, 4.69) is 31.1 Å². The van der Waals surface area contributed by atoms with E-state index in [1.165, 1.54) is 12.8 Å². The van der Waals surface area contributed by atoms with Crippen LogP contribution in [0.3, 0.4) is 0 Å².